The van der Waals surface area contributed by atoms with Gasteiger partial charge in [-0.05, 0) is 135 Å². The van der Waals surface area contributed by atoms with E-state index in [0.29, 0.717) is 0 Å². The minimum Gasteiger partial charge on any atom is -0.310 e. The second kappa shape index (κ2) is 15.1. The van der Waals surface area contributed by atoms with Gasteiger partial charge in [-0.2, -0.15) is 0 Å². The van der Waals surface area contributed by atoms with E-state index in [1.165, 1.54) is 110 Å². The van der Waals surface area contributed by atoms with Gasteiger partial charge in [0.2, 0.25) is 0 Å². The first-order valence-corrected chi connectivity index (χ1v) is 23.7. The van der Waals surface area contributed by atoms with Gasteiger partial charge in [0.05, 0.1) is 11.1 Å². The molecule has 0 amide bonds. The average Bonchev–Trinajstić information content (AvgIpc) is 3.89. The van der Waals surface area contributed by atoms with E-state index in [-0.39, 0.29) is 5.41 Å². The summed E-state index contributed by atoms with van der Waals surface area (Å²) < 4.78 is 0. The fourth-order valence-corrected chi connectivity index (χ4v) is 12.0. The zero-order chi connectivity index (χ0) is 44.8. The number of hydrogen-bond acceptors (Lipinski definition) is 1. The molecule has 316 valence electrons. The molecule has 0 unspecified atom stereocenters. The Labute approximate surface area is 396 Å². The maximum atomic E-state index is 2.46. The fraction of sp³-hybridized carbons (Fsp3) is 0.0149. The molecule has 0 atom stereocenters. The Hall–Kier alpha value is -8.78. The lowest BCUT2D eigenvalue weighted by atomic mass is 9.70. The van der Waals surface area contributed by atoms with E-state index < -0.39 is 0 Å². The Morgan fingerprint density at radius 3 is 1.29 bits per heavy atom. The minimum atomic E-state index is -0.388. The first-order valence-electron chi connectivity index (χ1n) is 23.7. The van der Waals surface area contributed by atoms with Gasteiger partial charge >= 0.3 is 0 Å². The van der Waals surface area contributed by atoms with Gasteiger partial charge in [0, 0.05) is 16.9 Å². The molecule has 0 fully saturated rings. The van der Waals surface area contributed by atoms with E-state index in [1.54, 1.807) is 0 Å². The predicted octanol–water partition coefficient (Wildman–Crippen LogP) is 18.0. The number of anilines is 3. The average molecular weight is 862 g/mol. The molecule has 1 nitrogen and oxygen atoms in total. The minimum absolute atomic E-state index is 0.388. The molecule has 0 radical (unpaired) electrons. The normalized spacial score (nSPS) is 12.8. The number of nitrogens with zero attached hydrogens (tertiary/aromatic N) is 1. The van der Waals surface area contributed by atoms with Gasteiger partial charge in [-0.1, -0.05) is 231 Å². The van der Waals surface area contributed by atoms with Gasteiger partial charge in [-0.25, -0.2) is 0 Å². The molecule has 1 spiro atoms. The Morgan fingerprint density at radius 1 is 0.235 bits per heavy atom. The van der Waals surface area contributed by atoms with Crippen LogP contribution in [0.3, 0.4) is 0 Å². The molecule has 0 aromatic heterocycles. The molecule has 14 rings (SSSR count). The third-order valence-corrected chi connectivity index (χ3v) is 14.9. The number of rotatable bonds is 6. The van der Waals surface area contributed by atoms with Gasteiger partial charge in [0.1, 0.15) is 0 Å². The number of benzene rings is 12. The van der Waals surface area contributed by atoms with Gasteiger partial charge in [-0.15, -0.1) is 0 Å². The second-order valence-electron chi connectivity index (χ2n) is 18.3. The summed E-state index contributed by atoms with van der Waals surface area (Å²) in [5, 5.41) is 7.57. The topological polar surface area (TPSA) is 3.24 Å². The summed E-state index contributed by atoms with van der Waals surface area (Å²) in [7, 11) is 0. The van der Waals surface area contributed by atoms with Crippen molar-refractivity contribution in [2.24, 2.45) is 0 Å². The highest BCUT2D eigenvalue weighted by Crippen LogP contribution is 2.64. The molecule has 0 aliphatic heterocycles. The highest BCUT2D eigenvalue weighted by Gasteiger charge is 2.52. The van der Waals surface area contributed by atoms with Crippen molar-refractivity contribution in [1.29, 1.82) is 0 Å². The third kappa shape index (κ3) is 5.57. The molecule has 12 aromatic rings. The fourth-order valence-electron chi connectivity index (χ4n) is 12.0. The van der Waals surface area contributed by atoms with Crippen molar-refractivity contribution in [3.05, 3.63) is 283 Å². The Morgan fingerprint density at radius 2 is 0.647 bits per heavy atom. The Bertz CT molecular complexity index is 3880. The SMILES string of the molecule is c1ccc(-c2ccc(-c3ccccc3N(c3ccc(-c4cccc5c4-c4ccccc4C54c5ccccc5-c5ccccc54)cc3)c3ccc4c5ccccc5c5ccccc5c4c3)cc2)cc1. The van der Waals surface area contributed by atoms with Gasteiger partial charge in [0.25, 0.3) is 0 Å². The summed E-state index contributed by atoms with van der Waals surface area (Å²) in [4.78, 5) is 2.46. The van der Waals surface area contributed by atoms with Crippen LogP contribution in [-0.2, 0) is 5.41 Å². The van der Waals surface area contributed by atoms with Crippen LogP contribution in [0.25, 0.3) is 88.0 Å². The molecule has 68 heavy (non-hydrogen) atoms. The predicted molar refractivity (Wildman–Crippen MR) is 286 cm³/mol. The van der Waals surface area contributed by atoms with E-state index in [2.05, 4.69) is 266 Å². The summed E-state index contributed by atoms with van der Waals surface area (Å²) >= 11 is 0. The van der Waals surface area contributed by atoms with Crippen LogP contribution in [0.15, 0.2) is 261 Å². The van der Waals surface area contributed by atoms with Crippen LogP contribution >= 0.6 is 0 Å². The van der Waals surface area contributed by atoms with Crippen LogP contribution < -0.4 is 4.90 Å². The second-order valence-corrected chi connectivity index (χ2v) is 18.3. The standard InChI is InChI=1S/C67H43N/c1-2-17-44(18-3-1)45-33-35-46(36-34-45)50-19-11-15-32-65(50)68(49-41-42-56-54-22-5-4-20-52(54)53-21-6-7-23-55(53)60(56)43-49)48-39-37-47(38-40-48)51-27-16-31-64-66(51)59-26-10-14-30-63(59)67(64)61-28-12-8-24-57(61)58-25-9-13-29-62(58)67/h1-43H. The van der Waals surface area contributed by atoms with Crippen molar-refractivity contribution >= 4 is 49.4 Å². The van der Waals surface area contributed by atoms with E-state index in [0.717, 1.165) is 17.1 Å². The molecule has 0 bridgehead atoms. The number of para-hydroxylation sites is 1. The molecule has 0 N–H and O–H groups in total. The molecule has 2 aliphatic carbocycles. The smallest absolute Gasteiger partial charge is 0.0725 e. The van der Waals surface area contributed by atoms with E-state index in [9.17, 15) is 0 Å². The number of fused-ring (bicyclic) bond motifs is 16. The Balaban J connectivity index is 0.953. The van der Waals surface area contributed by atoms with Gasteiger partial charge in [0.15, 0.2) is 0 Å². The third-order valence-electron chi connectivity index (χ3n) is 14.9. The van der Waals surface area contributed by atoms with Crippen LogP contribution in [0.2, 0.25) is 0 Å². The van der Waals surface area contributed by atoms with Crippen LogP contribution in [0.5, 0.6) is 0 Å². The maximum Gasteiger partial charge on any atom is 0.0725 e. The van der Waals surface area contributed by atoms with Crippen LogP contribution in [0.4, 0.5) is 17.1 Å². The van der Waals surface area contributed by atoms with E-state index in [4.69, 9.17) is 0 Å². The monoisotopic (exact) mass is 861 g/mol. The first-order chi connectivity index (χ1) is 33.8. The van der Waals surface area contributed by atoms with Crippen LogP contribution in [-0.4, -0.2) is 0 Å². The molecular formula is C67H43N. The summed E-state index contributed by atoms with van der Waals surface area (Å²) in [6, 6.07) is 96.7. The van der Waals surface area contributed by atoms with E-state index in [1.807, 2.05) is 0 Å². The summed E-state index contributed by atoms with van der Waals surface area (Å²) in [5.74, 6) is 0. The molecular weight excluding hydrogens is 819 g/mol. The molecule has 0 heterocycles. The van der Waals surface area contributed by atoms with Crippen molar-refractivity contribution in [2.45, 2.75) is 5.41 Å². The largest absolute Gasteiger partial charge is 0.310 e. The van der Waals surface area contributed by atoms with Crippen molar-refractivity contribution in [3.63, 3.8) is 0 Å². The molecule has 2 aliphatic rings. The highest BCUT2D eigenvalue weighted by molar-refractivity contribution is 6.26. The highest BCUT2D eigenvalue weighted by atomic mass is 15.1. The number of hydrogen-bond donors (Lipinski definition) is 0. The molecule has 0 saturated heterocycles. The quantitative estimate of drug-likeness (QED) is 0.151. The van der Waals surface area contributed by atoms with Gasteiger partial charge in [-0.3, -0.25) is 0 Å². The molecule has 0 saturated carbocycles. The van der Waals surface area contributed by atoms with Crippen molar-refractivity contribution < 1.29 is 0 Å². The maximum absolute atomic E-state index is 2.46. The molecule has 12 aromatic carbocycles. The van der Waals surface area contributed by atoms with Crippen LogP contribution in [0, 0.1) is 0 Å². The summed E-state index contributed by atoms with van der Waals surface area (Å²) in [6.07, 6.45) is 0. The molecule has 1 heteroatoms. The summed E-state index contributed by atoms with van der Waals surface area (Å²) in [5.41, 5.74) is 20.8. The lowest BCUT2D eigenvalue weighted by Gasteiger charge is -2.30. The lowest BCUT2D eigenvalue weighted by molar-refractivity contribution is 0.794. The van der Waals surface area contributed by atoms with E-state index >= 15 is 0 Å². The first kappa shape index (κ1) is 38.5. The van der Waals surface area contributed by atoms with Crippen LogP contribution in [0.1, 0.15) is 22.3 Å². The lowest BCUT2D eigenvalue weighted by Crippen LogP contribution is -2.25. The van der Waals surface area contributed by atoms with Gasteiger partial charge < -0.3 is 4.90 Å². The zero-order valence-electron chi connectivity index (χ0n) is 37.3. The van der Waals surface area contributed by atoms with Crippen molar-refractivity contribution in [3.8, 4) is 55.6 Å². The van der Waals surface area contributed by atoms with Crippen molar-refractivity contribution in [1.82, 2.24) is 0 Å². The summed E-state index contributed by atoms with van der Waals surface area (Å²) in [6.45, 7) is 0. The Kier molecular flexibility index (Phi) is 8.57. The van der Waals surface area contributed by atoms with Crippen molar-refractivity contribution in [2.75, 3.05) is 4.90 Å². The zero-order valence-corrected chi connectivity index (χ0v) is 37.3.